The number of fused-ring (bicyclic) bond motifs is 1. The van der Waals surface area contributed by atoms with Crippen LogP contribution in [0.1, 0.15) is 33.8 Å². The average molecular weight is 353 g/mol. The standard InChI is InChI=1S/C19H19N3O2S/c1-23-14-7-3-12(4-8-14)16-11-17-19(25-22-21-17)18(20-16)13-5-9-15(24-2)10-6-13/h3-10,16,18,20H,11H2,1-2H3. The molecule has 6 heteroatoms. The molecule has 0 fully saturated rings. The third-order valence-corrected chi connectivity index (χ3v) is 5.41. The number of rotatable bonds is 4. The van der Waals surface area contributed by atoms with Gasteiger partial charge in [-0.1, -0.05) is 28.8 Å². The first-order chi connectivity index (χ1) is 12.3. The topological polar surface area (TPSA) is 56.3 Å². The van der Waals surface area contributed by atoms with E-state index in [1.165, 1.54) is 27.5 Å². The van der Waals surface area contributed by atoms with Crippen LogP contribution in [0.3, 0.4) is 0 Å². The number of nitrogens with one attached hydrogen (secondary N) is 1. The molecule has 0 saturated carbocycles. The molecular formula is C19H19N3O2S. The molecule has 2 unspecified atom stereocenters. The maximum Gasteiger partial charge on any atom is 0.118 e. The van der Waals surface area contributed by atoms with Crippen molar-refractivity contribution in [2.75, 3.05) is 14.2 Å². The van der Waals surface area contributed by atoms with Crippen LogP contribution in [0.2, 0.25) is 0 Å². The van der Waals surface area contributed by atoms with Gasteiger partial charge in [-0.25, -0.2) is 0 Å². The Hall–Kier alpha value is -2.44. The quantitative estimate of drug-likeness (QED) is 0.778. The van der Waals surface area contributed by atoms with Gasteiger partial charge in [0.2, 0.25) is 0 Å². The molecule has 25 heavy (non-hydrogen) atoms. The first kappa shape index (κ1) is 16.1. The monoisotopic (exact) mass is 353 g/mol. The second-order valence-corrected chi connectivity index (χ2v) is 6.77. The summed E-state index contributed by atoms with van der Waals surface area (Å²) in [6, 6.07) is 16.6. The molecule has 0 aliphatic carbocycles. The van der Waals surface area contributed by atoms with Crippen LogP contribution < -0.4 is 14.8 Å². The van der Waals surface area contributed by atoms with Crippen molar-refractivity contribution in [2.24, 2.45) is 0 Å². The summed E-state index contributed by atoms with van der Waals surface area (Å²) in [7, 11) is 3.36. The SMILES string of the molecule is COc1ccc(C2Cc3nnsc3C(c3ccc(OC)cc3)N2)cc1. The predicted molar refractivity (Wildman–Crippen MR) is 97.3 cm³/mol. The van der Waals surface area contributed by atoms with Crippen LogP contribution in [0.5, 0.6) is 11.5 Å². The van der Waals surface area contributed by atoms with E-state index < -0.39 is 0 Å². The molecule has 3 aromatic rings. The lowest BCUT2D eigenvalue weighted by Crippen LogP contribution is -2.33. The van der Waals surface area contributed by atoms with Gasteiger partial charge in [0, 0.05) is 12.5 Å². The number of nitrogens with zero attached hydrogens (tertiary/aromatic N) is 2. The van der Waals surface area contributed by atoms with Crippen molar-refractivity contribution in [3.05, 3.63) is 70.2 Å². The van der Waals surface area contributed by atoms with Crippen molar-refractivity contribution in [1.29, 1.82) is 0 Å². The van der Waals surface area contributed by atoms with Crippen LogP contribution in [-0.4, -0.2) is 23.8 Å². The first-order valence-corrected chi connectivity index (χ1v) is 8.91. The maximum atomic E-state index is 5.27. The fourth-order valence-electron chi connectivity index (χ4n) is 3.20. The highest BCUT2D eigenvalue weighted by Gasteiger charge is 2.31. The van der Waals surface area contributed by atoms with Crippen LogP contribution in [-0.2, 0) is 6.42 Å². The maximum absolute atomic E-state index is 5.27. The second-order valence-electron chi connectivity index (χ2n) is 5.99. The number of hydrogen-bond acceptors (Lipinski definition) is 6. The van der Waals surface area contributed by atoms with Gasteiger partial charge in [0.15, 0.2) is 0 Å². The third kappa shape index (κ3) is 3.10. The number of aromatic nitrogens is 2. The Balaban J connectivity index is 1.66. The summed E-state index contributed by atoms with van der Waals surface area (Å²) in [5.74, 6) is 1.72. The normalized spacial score (nSPS) is 19.3. The number of methoxy groups -OCH3 is 2. The summed E-state index contributed by atoms with van der Waals surface area (Å²) in [5.41, 5.74) is 3.48. The molecule has 0 spiro atoms. The second kappa shape index (κ2) is 6.82. The Morgan fingerprint density at radius 3 is 2.12 bits per heavy atom. The Morgan fingerprint density at radius 2 is 1.52 bits per heavy atom. The van der Waals surface area contributed by atoms with E-state index >= 15 is 0 Å². The predicted octanol–water partition coefficient (Wildman–Crippen LogP) is 3.53. The number of hydrogen-bond donors (Lipinski definition) is 1. The zero-order valence-corrected chi connectivity index (χ0v) is 14.9. The highest BCUT2D eigenvalue weighted by Crippen LogP contribution is 2.37. The number of ether oxygens (including phenoxy) is 2. The molecule has 1 aliphatic rings. The molecular weight excluding hydrogens is 334 g/mol. The van der Waals surface area contributed by atoms with Gasteiger partial charge in [-0.15, -0.1) is 5.10 Å². The third-order valence-electron chi connectivity index (χ3n) is 4.58. The minimum Gasteiger partial charge on any atom is -0.497 e. The van der Waals surface area contributed by atoms with E-state index in [0.29, 0.717) is 0 Å². The van der Waals surface area contributed by atoms with Crippen molar-refractivity contribution in [2.45, 2.75) is 18.5 Å². The van der Waals surface area contributed by atoms with Crippen LogP contribution in [0.25, 0.3) is 0 Å². The minimum absolute atomic E-state index is 0.0850. The highest BCUT2D eigenvalue weighted by atomic mass is 32.1. The summed E-state index contributed by atoms with van der Waals surface area (Å²) in [5, 5.41) is 8.11. The molecule has 4 rings (SSSR count). The van der Waals surface area contributed by atoms with Gasteiger partial charge >= 0.3 is 0 Å². The highest BCUT2D eigenvalue weighted by molar-refractivity contribution is 7.05. The lowest BCUT2D eigenvalue weighted by molar-refractivity contribution is 0.412. The smallest absolute Gasteiger partial charge is 0.118 e. The van der Waals surface area contributed by atoms with E-state index in [4.69, 9.17) is 9.47 Å². The summed E-state index contributed by atoms with van der Waals surface area (Å²) < 4.78 is 14.7. The van der Waals surface area contributed by atoms with Crippen molar-refractivity contribution in [1.82, 2.24) is 14.9 Å². The van der Waals surface area contributed by atoms with Crippen molar-refractivity contribution in [3.8, 4) is 11.5 Å². The molecule has 128 valence electrons. The first-order valence-electron chi connectivity index (χ1n) is 8.13. The van der Waals surface area contributed by atoms with E-state index in [0.717, 1.165) is 23.6 Å². The van der Waals surface area contributed by atoms with Gasteiger partial charge in [-0.3, -0.25) is 5.32 Å². The summed E-state index contributed by atoms with van der Waals surface area (Å²) in [4.78, 5) is 1.19. The minimum atomic E-state index is 0.0850. The Bertz CT molecular complexity index is 846. The zero-order chi connectivity index (χ0) is 17.2. The molecule has 2 aromatic carbocycles. The Morgan fingerprint density at radius 1 is 0.920 bits per heavy atom. The fraction of sp³-hybridized carbons (Fsp3) is 0.263. The molecule has 0 saturated heterocycles. The average Bonchev–Trinajstić information content (AvgIpc) is 3.16. The van der Waals surface area contributed by atoms with Crippen molar-refractivity contribution in [3.63, 3.8) is 0 Å². The van der Waals surface area contributed by atoms with Crippen LogP contribution in [0.4, 0.5) is 0 Å². The summed E-state index contributed by atoms with van der Waals surface area (Å²) in [6.45, 7) is 0. The van der Waals surface area contributed by atoms with E-state index in [1.54, 1.807) is 14.2 Å². The van der Waals surface area contributed by atoms with Gasteiger partial charge in [0.25, 0.3) is 0 Å². The lowest BCUT2D eigenvalue weighted by atomic mass is 9.92. The molecule has 0 amide bonds. The molecule has 1 aromatic heterocycles. The zero-order valence-electron chi connectivity index (χ0n) is 14.1. The molecule has 0 radical (unpaired) electrons. The lowest BCUT2D eigenvalue weighted by Gasteiger charge is -2.30. The fourth-order valence-corrected chi connectivity index (χ4v) is 3.97. The van der Waals surface area contributed by atoms with Gasteiger partial charge in [-0.05, 0) is 46.9 Å². The van der Waals surface area contributed by atoms with Gasteiger partial charge in [0.1, 0.15) is 11.5 Å². The molecule has 1 N–H and O–H groups in total. The van der Waals surface area contributed by atoms with E-state index in [-0.39, 0.29) is 12.1 Å². The largest absolute Gasteiger partial charge is 0.497 e. The van der Waals surface area contributed by atoms with Crippen LogP contribution in [0, 0.1) is 0 Å². The molecule has 0 bridgehead atoms. The van der Waals surface area contributed by atoms with Crippen molar-refractivity contribution < 1.29 is 9.47 Å². The molecule has 5 nitrogen and oxygen atoms in total. The van der Waals surface area contributed by atoms with Crippen LogP contribution >= 0.6 is 11.5 Å². The van der Waals surface area contributed by atoms with Gasteiger partial charge < -0.3 is 9.47 Å². The van der Waals surface area contributed by atoms with Gasteiger partial charge in [-0.2, -0.15) is 0 Å². The van der Waals surface area contributed by atoms with E-state index in [2.05, 4.69) is 39.2 Å². The van der Waals surface area contributed by atoms with Crippen molar-refractivity contribution >= 4 is 11.5 Å². The van der Waals surface area contributed by atoms with Crippen LogP contribution in [0.15, 0.2) is 48.5 Å². The Kier molecular flexibility index (Phi) is 4.38. The van der Waals surface area contributed by atoms with E-state index in [9.17, 15) is 0 Å². The van der Waals surface area contributed by atoms with E-state index in [1.807, 2.05) is 24.3 Å². The summed E-state index contributed by atoms with van der Waals surface area (Å²) in [6.07, 6.45) is 0.838. The van der Waals surface area contributed by atoms with Gasteiger partial charge in [0.05, 0.1) is 30.8 Å². The molecule has 1 aliphatic heterocycles. The molecule has 2 atom stereocenters. The molecule has 2 heterocycles. The summed E-state index contributed by atoms with van der Waals surface area (Å²) >= 11 is 1.47. The Labute approximate surface area is 150 Å². The number of benzene rings is 2.